The molecule has 0 radical (unpaired) electrons. The molecule has 0 bridgehead atoms. The molecular weight excluding hydrogens is 256 g/mol. The van der Waals surface area contributed by atoms with Crippen molar-refractivity contribution in [2.75, 3.05) is 0 Å². The summed E-state index contributed by atoms with van der Waals surface area (Å²) >= 11 is 0. The average molecular weight is 284 g/mol. The van der Waals surface area contributed by atoms with Crippen LogP contribution in [-0.4, -0.2) is 29.2 Å². The van der Waals surface area contributed by atoms with Crippen molar-refractivity contribution in [3.05, 3.63) is 0 Å². The van der Waals surface area contributed by atoms with E-state index in [0.717, 1.165) is 32.1 Å². The summed E-state index contributed by atoms with van der Waals surface area (Å²) in [5, 5.41) is 14.8. The Hall–Kier alpha value is -1.26. The predicted molar refractivity (Wildman–Crippen MR) is 78.6 cm³/mol. The molecule has 5 heteroatoms. The molecule has 2 amide bonds. The number of carbonyl (C=O) groups excluding carboxylic acids is 1. The number of carbonyl (C=O) groups is 2. The van der Waals surface area contributed by atoms with Crippen molar-refractivity contribution in [2.24, 2.45) is 11.8 Å². The van der Waals surface area contributed by atoms with E-state index in [1.54, 1.807) is 0 Å². The molecule has 5 nitrogen and oxygen atoms in total. The lowest BCUT2D eigenvalue weighted by atomic mass is 9.84. The van der Waals surface area contributed by atoms with Crippen molar-refractivity contribution >= 4 is 12.0 Å². The Labute approximate surface area is 121 Å². The third-order valence-corrected chi connectivity index (χ3v) is 4.53. The minimum atomic E-state index is -0.928. The van der Waals surface area contributed by atoms with E-state index in [0.29, 0.717) is 5.92 Å². The third kappa shape index (κ3) is 5.02. The fourth-order valence-corrected chi connectivity index (χ4v) is 2.73. The predicted octanol–water partition coefficient (Wildman–Crippen LogP) is 2.75. The molecule has 3 N–H and O–H groups in total. The Morgan fingerprint density at radius 2 is 1.75 bits per heavy atom. The molecule has 0 aliphatic heterocycles. The Morgan fingerprint density at radius 1 is 1.15 bits per heavy atom. The van der Waals surface area contributed by atoms with Crippen molar-refractivity contribution in [3.63, 3.8) is 0 Å². The second-order valence-electron chi connectivity index (χ2n) is 6.01. The summed E-state index contributed by atoms with van der Waals surface area (Å²) in [6, 6.07) is -1.09. The number of rotatable bonds is 6. The van der Waals surface area contributed by atoms with Gasteiger partial charge in [-0.3, -0.25) is 0 Å². The Balaban J connectivity index is 2.52. The van der Waals surface area contributed by atoms with Crippen LogP contribution in [0.4, 0.5) is 4.79 Å². The zero-order valence-electron chi connectivity index (χ0n) is 12.8. The molecule has 1 aliphatic carbocycles. The summed E-state index contributed by atoms with van der Waals surface area (Å²) in [4.78, 5) is 23.3. The second-order valence-corrected chi connectivity index (χ2v) is 6.01. The monoisotopic (exact) mass is 284 g/mol. The number of carboxylic acid groups (broad SMARTS) is 1. The molecule has 20 heavy (non-hydrogen) atoms. The van der Waals surface area contributed by atoms with E-state index in [-0.39, 0.29) is 18.0 Å². The molecule has 0 aromatic carbocycles. The van der Waals surface area contributed by atoms with Crippen molar-refractivity contribution in [1.82, 2.24) is 10.6 Å². The van der Waals surface area contributed by atoms with Crippen LogP contribution in [0.15, 0.2) is 0 Å². The number of aliphatic carboxylic acids is 1. The molecule has 3 atom stereocenters. The Bertz CT molecular complexity index is 327. The van der Waals surface area contributed by atoms with E-state index >= 15 is 0 Å². The van der Waals surface area contributed by atoms with Gasteiger partial charge in [0.25, 0.3) is 0 Å². The SMILES string of the molecule is CCC(C)C(C)NC(=O)NC(C(=O)O)C1CCCCC1. The first kappa shape index (κ1) is 16.8. The lowest BCUT2D eigenvalue weighted by Gasteiger charge is -2.29. The van der Waals surface area contributed by atoms with Crippen molar-refractivity contribution in [3.8, 4) is 0 Å². The number of urea groups is 1. The minimum Gasteiger partial charge on any atom is -0.480 e. The van der Waals surface area contributed by atoms with E-state index in [2.05, 4.69) is 24.5 Å². The zero-order chi connectivity index (χ0) is 15.1. The standard InChI is InChI=1S/C15H28N2O3/c1-4-10(2)11(3)16-15(20)17-13(14(18)19)12-8-6-5-7-9-12/h10-13H,4-9H2,1-3H3,(H,18,19)(H2,16,17,20). The van der Waals surface area contributed by atoms with Crippen LogP contribution in [0.1, 0.15) is 59.3 Å². The molecule has 1 saturated carbocycles. The molecule has 1 aliphatic rings. The first-order valence-corrected chi connectivity index (χ1v) is 7.75. The number of nitrogens with one attached hydrogen (secondary N) is 2. The van der Waals surface area contributed by atoms with Crippen molar-refractivity contribution < 1.29 is 14.7 Å². The first-order valence-electron chi connectivity index (χ1n) is 7.75. The van der Waals surface area contributed by atoms with Gasteiger partial charge in [0.1, 0.15) is 6.04 Å². The molecule has 0 heterocycles. The molecule has 0 aromatic rings. The molecule has 0 saturated heterocycles. The smallest absolute Gasteiger partial charge is 0.326 e. The highest BCUT2D eigenvalue weighted by atomic mass is 16.4. The third-order valence-electron chi connectivity index (χ3n) is 4.53. The highest BCUT2D eigenvalue weighted by Crippen LogP contribution is 2.26. The van der Waals surface area contributed by atoms with Gasteiger partial charge in [-0.1, -0.05) is 39.5 Å². The normalized spacial score (nSPS) is 20.8. The van der Waals surface area contributed by atoms with Gasteiger partial charge >= 0.3 is 12.0 Å². The maximum absolute atomic E-state index is 11.9. The van der Waals surface area contributed by atoms with Gasteiger partial charge in [-0.2, -0.15) is 0 Å². The largest absolute Gasteiger partial charge is 0.480 e. The maximum atomic E-state index is 11.9. The summed E-state index contributed by atoms with van der Waals surface area (Å²) in [6.07, 6.45) is 6.03. The summed E-state index contributed by atoms with van der Waals surface area (Å²) in [5.74, 6) is -0.493. The van der Waals surface area contributed by atoms with Gasteiger partial charge in [0.2, 0.25) is 0 Å². The van der Waals surface area contributed by atoms with Crippen LogP contribution in [0.25, 0.3) is 0 Å². The van der Waals surface area contributed by atoms with Crippen LogP contribution >= 0.6 is 0 Å². The molecule has 116 valence electrons. The minimum absolute atomic E-state index is 0.0424. The van der Waals surface area contributed by atoms with Gasteiger partial charge in [-0.05, 0) is 31.6 Å². The summed E-state index contributed by atoms with van der Waals surface area (Å²) in [7, 11) is 0. The van der Waals surface area contributed by atoms with E-state index in [1.165, 1.54) is 6.42 Å². The quantitative estimate of drug-likeness (QED) is 0.701. The second kappa shape index (κ2) is 8.12. The number of amides is 2. The van der Waals surface area contributed by atoms with E-state index in [9.17, 15) is 14.7 Å². The Kier molecular flexibility index (Phi) is 6.82. The fraction of sp³-hybridized carbons (Fsp3) is 0.867. The van der Waals surface area contributed by atoms with Crippen LogP contribution in [-0.2, 0) is 4.79 Å². The number of carboxylic acids is 1. The summed E-state index contributed by atoms with van der Waals surface area (Å²) < 4.78 is 0. The van der Waals surface area contributed by atoms with Crippen LogP contribution in [0.3, 0.4) is 0 Å². The molecule has 0 aromatic heterocycles. The Morgan fingerprint density at radius 3 is 2.25 bits per heavy atom. The van der Waals surface area contributed by atoms with Gasteiger partial charge in [0.15, 0.2) is 0 Å². The van der Waals surface area contributed by atoms with Crippen LogP contribution in [0.2, 0.25) is 0 Å². The van der Waals surface area contributed by atoms with E-state index < -0.39 is 12.0 Å². The van der Waals surface area contributed by atoms with Gasteiger partial charge in [-0.25, -0.2) is 9.59 Å². The lowest BCUT2D eigenvalue weighted by Crippen LogP contribution is -2.52. The lowest BCUT2D eigenvalue weighted by molar-refractivity contribution is -0.141. The summed E-state index contributed by atoms with van der Waals surface area (Å²) in [5.41, 5.74) is 0. The van der Waals surface area contributed by atoms with Gasteiger partial charge in [-0.15, -0.1) is 0 Å². The molecule has 0 spiro atoms. The van der Waals surface area contributed by atoms with Crippen LogP contribution in [0.5, 0.6) is 0 Å². The molecule has 1 rings (SSSR count). The molecule has 1 fully saturated rings. The molecule has 3 unspecified atom stereocenters. The van der Waals surface area contributed by atoms with Crippen molar-refractivity contribution in [2.45, 2.75) is 71.4 Å². The van der Waals surface area contributed by atoms with Crippen LogP contribution < -0.4 is 10.6 Å². The van der Waals surface area contributed by atoms with Gasteiger partial charge in [0.05, 0.1) is 0 Å². The van der Waals surface area contributed by atoms with Crippen LogP contribution in [0, 0.1) is 11.8 Å². The van der Waals surface area contributed by atoms with E-state index in [4.69, 9.17) is 0 Å². The van der Waals surface area contributed by atoms with Gasteiger partial charge < -0.3 is 15.7 Å². The average Bonchev–Trinajstić information content (AvgIpc) is 2.44. The zero-order valence-corrected chi connectivity index (χ0v) is 12.8. The first-order chi connectivity index (χ1) is 9.45. The summed E-state index contributed by atoms with van der Waals surface area (Å²) in [6.45, 7) is 6.09. The topological polar surface area (TPSA) is 78.4 Å². The highest BCUT2D eigenvalue weighted by Gasteiger charge is 2.31. The van der Waals surface area contributed by atoms with Crippen molar-refractivity contribution in [1.29, 1.82) is 0 Å². The van der Waals surface area contributed by atoms with E-state index in [1.807, 2.05) is 6.92 Å². The molecular formula is C15H28N2O3. The highest BCUT2D eigenvalue weighted by molar-refractivity contribution is 5.82. The number of hydrogen-bond donors (Lipinski definition) is 3. The maximum Gasteiger partial charge on any atom is 0.326 e. The van der Waals surface area contributed by atoms with Gasteiger partial charge in [0, 0.05) is 6.04 Å². The fourth-order valence-electron chi connectivity index (χ4n) is 2.73. The number of hydrogen-bond acceptors (Lipinski definition) is 2.